The number of nitrogens with zero attached hydrogens (tertiary/aromatic N) is 3. The second kappa shape index (κ2) is 11.9. The molecule has 0 bridgehead atoms. The average Bonchev–Trinajstić information content (AvgIpc) is 3.29. The second-order valence-electron chi connectivity index (χ2n) is 9.95. The summed E-state index contributed by atoms with van der Waals surface area (Å²) in [5, 5.41) is 7.78. The zero-order chi connectivity index (χ0) is 26.3. The number of anilines is 1. The van der Waals surface area contributed by atoms with E-state index in [-0.39, 0.29) is 29.7 Å². The molecule has 1 heterocycles. The van der Waals surface area contributed by atoms with Crippen molar-refractivity contribution < 1.29 is 14.3 Å². The number of hydrogen-bond acceptors (Lipinski definition) is 4. The van der Waals surface area contributed by atoms with Crippen molar-refractivity contribution in [3.05, 3.63) is 71.9 Å². The number of carbonyl (C=O) groups is 2. The second-order valence-corrected chi connectivity index (χ2v) is 9.95. The van der Waals surface area contributed by atoms with Crippen LogP contribution in [-0.2, 0) is 15.0 Å². The van der Waals surface area contributed by atoms with Gasteiger partial charge in [-0.25, -0.2) is 4.68 Å². The lowest BCUT2D eigenvalue weighted by molar-refractivity contribution is -0.136. The maximum Gasteiger partial charge on any atom is 0.245 e. The third kappa shape index (κ3) is 6.53. The third-order valence-corrected chi connectivity index (χ3v) is 6.11. The van der Waals surface area contributed by atoms with Crippen LogP contribution in [0.25, 0.3) is 5.69 Å². The van der Waals surface area contributed by atoms with Gasteiger partial charge >= 0.3 is 0 Å². The van der Waals surface area contributed by atoms with Crippen molar-refractivity contribution in [3.8, 4) is 11.4 Å². The monoisotopic (exact) mass is 490 g/mol. The fraction of sp³-hybridized carbons (Fsp3) is 0.414. The molecule has 0 fully saturated rings. The highest BCUT2D eigenvalue weighted by Crippen LogP contribution is 2.27. The van der Waals surface area contributed by atoms with E-state index in [1.807, 2.05) is 74.5 Å². The molecule has 1 atom stereocenters. The van der Waals surface area contributed by atoms with E-state index < -0.39 is 0 Å². The molecule has 1 unspecified atom stereocenters. The van der Waals surface area contributed by atoms with Crippen LogP contribution in [0.4, 0.5) is 5.82 Å². The lowest BCUT2D eigenvalue weighted by Crippen LogP contribution is -2.41. The van der Waals surface area contributed by atoms with Gasteiger partial charge in [0, 0.05) is 18.0 Å². The molecule has 1 N–H and O–H groups in total. The first kappa shape index (κ1) is 27.0. The highest BCUT2D eigenvalue weighted by molar-refractivity contribution is 5.95. The Morgan fingerprint density at radius 2 is 1.72 bits per heavy atom. The first-order valence-corrected chi connectivity index (χ1v) is 12.6. The Morgan fingerprint density at radius 1 is 1.06 bits per heavy atom. The molecule has 7 nitrogen and oxygen atoms in total. The highest BCUT2D eigenvalue weighted by Gasteiger charge is 2.27. The Hall–Kier alpha value is -3.61. The summed E-state index contributed by atoms with van der Waals surface area (Å²) in [5.74, 6) is 0.747. The minimum absolute atomic E-state index is 0.0192. The predicted molar refractivity (Wildman–Crippen MR) is 144 cm³/mol. The van der Waals surface area contributed by atoms with Crippen LogP contribution in [0, 0.1) is 0 Å². The number of carbonyl (C=O) groups excluding carboxylic acids is 2. The molecule has 0 aliphatic heterocycles. The molecular formula is C29H38N4O3. The minimum atomic E-state index is -0.275. The lowest BCUT2D eigenvalue weighted by Gasteiger charge is -2.26. The van der Waals surface area contributed by atoms with Crippen molar-refractivity contribution in [1.29, 1.82) is 0 Å². The molecule has 3 aromatic rings. The van der Waals surface area contributed by atoms with E-state index >= 15 is 0 Å². The molecule has 1 aromatic heterocycles. The fourth-order valence-corrected chi connectivity index (χ4v) is 4.11. The van der Waals surface area contributed by atoms with Crippen LogP contribution >= 0.6 is 0 Å². The number of nitrogens with one attached hydrogen (secondary N) is 1. The Bertz CT molecular complexity index is 1150. The standard InChI is InChI=1S/C29H38N4O3/c1-7-18-32(28(35)24(8-2)21-12-10-9-11-13-21)20-27(34)30-26-19-25(29(3,4)5)31-33(26)22-14-16-23(36-6)17-15-22/h9-17,19,24H,7-8,18,20H2,1-6H3,(H,30,34). The van der Waals surface area contributed by atoms with Crippen LogP contribution in [0.5, 0.6) is 5.75 Å². The summed E-state index contributed by atoms with van der Waals surface area (Å²) < 4.78 is 7.00. The lowest BCUT2D eigenvalue weighted by atomic mass is 9.92. The molecule has 3 rings (SSSR count). The zero-order valence-corrected chi connectivity index (χ0v) is 22.2. The van der Waals surface area contributed by atoms with Gasteiger partial charge in [0.2, 0.25) is 11.8 Å². The highest BCUT2D eigenvalue weighted by atomic mass is 16.5. The van der Waals surface area contributed by atoms with Gasteiger partial charge in [-0.3, -0.25) is 9.59 Å². The van der Waals surface area contributed by atoms with Crippen LogP contribution in [-0.4, -0.2) is 46.7 Å². The van der Waals surface area contributed by atoms with E-state index in [0.717, 1.165) is 29.1 Å². The van der Waals surface area contributed by atoms with Crippen molar-refractivity contribution in [2.75, 3.05) is 25.5 Å². The van der Waals surface area contributed by atoms with Gasteiger partial charge in [0.25, 0.3) is 0 Å². The van der Waals surface area contributed by atoms with Crippen LogP contribution < -0.4 is 10.1 Å². The van der Waals surface area contributed by atoms with Crippen LogP contribution in [0.1, 0.15) is 64.6 Å². The van der Waals surface area contributed by atoms with Gasteiger partial charge in [0.1, 0.15) is 11.6 Å². The van der Waals surface area contributed by atoms with Gasteiger partial charge in [-0.1, -0.05) is 65.0 Å². The number of hydrogen-bond donors (Lipinski definition) is 1. The van der Waals surface area contributed by atoms with Gasteiger partial charge in [0.05, 0.1) is 31.0 Å². The maximum absolute atomic E-state index is 13.5. The Kier molecular flexibility index (Phi) is 8.91. The quantitative estimate of drug-likeness (QED) is 0.404. The molecule has 36 heavy (non-hydrogen) atoms. The summed E-state index contributed by atoms with van der Waals surface area (Å²) in [6, 6.07) is 19.2. The summed E-state index contributed by atoms with van der Waals surface area (Å²) in [6.45, 7) is 10.7. The molecule has 2 aromatic carbocycles. The maximum atomic E-state index is 13.5. The predicted octanol–water partition coefficient (Wildman–Crippen LogP) is 5.55. The summed E-state index contributed by atoms with van der Waals surface area (Å²) >= 11 is 0. The molecular weight excluding hydrogens is 452 g/mol. The van der Waals surface area contributed by atoms with E-state index in [9.17, 15) is 9.59 Å². The van der Waals surface area contributed by atoms with Gasteiger partial charge < -0.3 is 15.0 Å². The van der Waals surface area contributed by atoms with Gasteiger partial charge in [-0.2, -0.15) is 5.10 Å². The molecule has 0 radical (unpaired) electrons. The molecule has 192 valence electrons. The van der Waals surface area contributed by atoms with Gasteiger partial charge in [-0.05, 0) is 42.7 Å². The fourth-order valence-electron chi connectivity index (χ4n) is 4.11. The molecule has 0 saturated heterocycles. The number of benzene rings is 2. The minimum Gasteiger partial charge on any atom is -0.497 e. The topological polar surface area (TPSA) is 76.5 Å². The van der Waals surface area contributed by atoms with Gasteiger partial charge in [0.15, 0.2) is 0 Å². The van der Waals surface area contributed by atoms with Crippen molar-refractivity contribution in [2.45, 2.75) is 58.8 Å². The van der Waals surface area contributed by atoms with Crippen molar-refractivity contribution >= 4 is 17.6 Å². The molecule has 7 heteroatoms. The van der Waals surface area contributed by atoms with Gasteiger partial charge in [-0.15, -0.1) is 0 Å². The molecule has 2 amide bonds. The van der Waals surface area contributed by atoms with Crippen LogP contribution in [0.3, 0.4) is 0 Å². The molecule has 0 aliphatic carbocycles. The SMILES string of the molecule is CCCN(CC(=O)Nc1cc(C(C)(C)C)nn1-c1ccc(OC)cc1)C(=O)C(CC)c1ccccc1. The van der Waals surface area contributed by atoms with E-state index in [4.69, 9.17) is 9.84 Å². The van der Waals surface area contributed by atoms with Crippen LogP contribution in [0.2, 0.25) is 0 Å². The van der Waals surface area contributed by atoms with Crippen molar-refractivity contribution in [1.82, 2.24) is 14.7 Å². The van der Waals surface area contributed by atoms with E-state index in [2.05, 4.69) is 26.1 Å². The first-order chi connectivity index (χ1) is 17.2. The third-order valence-electron chi connectivity index (χ3n) is 6.11. The van der Waals surface area contributed by atoms with Crippen LogP contribution in [0.15, 0.2) is 60.7 Å². The van der Waals surface area contributed by atoms with Crippen molar-refractivity contribution in [3.63, 3.8) is 0 Å². The smallest absolute Gasteiger partial charge is 0.245 e. The van der Waals surface area contributed by atoms with E-state index in [0.29, 0.717) is 18.8 Å². The summed E-state index contributed by atoms with van der Waals surface area (Å²) in [4.78, 5) is 28.3. The summed E-state index contributed by atoms with van der Waals surface area (Å²) in [7, 11) is 1.62. The van der Waals surface area contributed by atoms with Crippen molar-refractivity contribution in [2.24, 2.45) is 0 Å². The molecule has 0 spiro atoms. The number of rotatable bonds is 10. The number of aromatic nitrogens is 2. The Morgan fingerprint density at radius 3 is 2.28 bits per heavy atom. The van der Waals surface area contributed by atoms with E-state index in [1.165, 1.54) is 0 Å². The molecule has 0 saturated carbocycles. The normalized spacial score (nSPS) is 12.2. The number of ether oxygens (including phenoxy) is 1. The average molecular weight is 491 g/mol. The first-order valence-electron chi connectivity index (χ1n) is 12.6. The molecule has 0 aliphatic rings. The Balaban J connectivity index is 1.84. The number of amides is 2. The Labute approximate surface area is 214 Å². The largest absolute Gasteiger partial charge is 0.497 e. The summed E-state index contributed by atoms with van der Waals surface area (Å²) in [5.41, 5.74) is 2.42. The summed E-state index contributed by atoms with van der Waals surface area (Å²) in [6.07, 6.45) is 1.44. The van der Waals surface area contributed by atoms with E-state index in [1.54, 1.807) is 16.7 Å². The zero-order valence-electron chi connectivity index (χ0n) is 22.2. The number of methoxy groups -OCH3 is 1.